The highest BCUT2D eigenvalue weighted by atomic mass is 16.7. The molecule has 2 heterocycles. The molecule has 5 heteroatoms. The van der Waals surface area contributed by atoms with E-state index in [1.54, 1.807) is 18.2 Å². The molecule has 3 aromatic rings. The molecular formula is C26H19NO4. The van der Waals surface area contributed by atoms with Gasteiger partial charge in [0, 0.05) is 17.4 Å². The fraction of sp³-hybridized carbons (Fsp3) is 0.231. The zero-order valence-corrected chi connectivity index (χ0v) is 16.9. The van der Waals surface area contributed by atoms with Crippen LogP contribution in [0, 0.1) is 11.8 Å². The van der Waals surface area contributed by atoms with E-state index in [1.807, 2.05) is 24.3 Å². The molecule has 152 valence electrons. The van der Waals surface area contributed by atoms with Crippen molar-refractivity contribution in [2.45, 2.75) is 18.3 Å². The number of ether oxygens (including phenoxy) is 2. The van der Waals surface area contributed by atoms with Crippen LogP contribution in [0.4, 0.5) is 5.69 Å². The fourth-order valence-electron chi connectivity index (χ4n) is 6.43. The van der Waals surface area contributed by atoms with Crippen LogP contribution in [0.3, 0.4) is 0 Å². The molecular weight excluding hydrogens is 390 g/mol. The zero-order chi connectivity index (χ0) is 20.9. The molecule has 0 N–H and O–H groups in total. The van der Waals surface area contributed by atoms with Gasteiger partial charge < -0.3 is 9.47 Å². The maximum Gasteiger partial charge on any atom is 0.238 e. The van der Waals surface area contributed by atoms with Crippen LogP contribution in [0.25, 0.3) is 0 Å². The summed E-state index contributed by atoms with van der Waals surface area (Å²) >= 11 is 0. The van der Waals surface area contributed by atoms with Crippen molar-refractivity contribution >= 4 is 17.5 Å². The Labute approximate surface area is 179 Å². The first-order valence-corrected chi connectivity index (χ1v) is 10.6. The summed E-state index contributed by atoms with van der Waals surface area (Å²) in [6.07, 6.45) is 0. The Morgan fingerprint density at radius 2 is 1.48 bits per heavy atom. The number of rotatable bonds is 1. The van der Waals surface area contributed by atoms with Gasteiger partial charge in [-0.1, -0.05) is 55.5 Å². The van der Waals surface area contributed by atoms with Gasteiger partial charge in [-0.15, -0.1) is 0 Å². The number of anilines is 1. The third-order valence-corrected chi connectivity index (χ3v) is 7.66. The predicted octanol–water partition coefficient (Wildman–Crippen LogP) is 3.99. The van der Waals surface area contributed by atoms with E-state index in [0.717, 1.165) is 11.1 Å². The number of hydrogen-bond donors (Lipinski definition) is 0. The third-order valence-electron chi connectivity index (χ3n) is 7.66. The van der Waals surface area contributed by atoms with E-state index < -0.39 is 17.3 Å². The molecule has 31 heavy (non-hydrogen) atoms. The molecule has 1 saturated heterocycles. The van der Waals surface area contributed by atoms with Crippen LogP contribution in [0.2, 0.25) is 0 Å². The molecule has 2 amide bonds. The van der Waals surface area contributed by atoms with Crippen molar-refractivity contribution in [2.75, 3.05) is 11.7 Å². The quantitative estimate of drug-likeness (QED) is 0.571. The first-order chi connectivity index (χ1) is 15.1. The lowest BCUT2D eigenvalue weighted by Crippen LogP contribution is -2.51. The Morgan fingerprint density at radius 3 is 2.19 bits per heavy atom. The molecule has 1 fully saturated rings. The fourth-order valence-corrected chi connectivity index (χ4v) is 6.43. The second kappa shape index (κ2) is 5.55. The van der Waals surface area contributed by atoms with Crippen LogP contribution in [0.5, 0.6) is 11.5 Å². The summed E-state index contributed by atoms with van der Waals surface area (Å²) in [5.41, 5.74) is 4.65. The number of carbonyl (C=O) groups excluding carboxylic acids is 2. The molecule has 0 unspecified atom stereocenters. The van der Waals surface area contributed by atoms with E-state index in [1.165, 1.54) is 16.0 Å². The van der Waals surface area contributed by atoms with E-state index in [-0.39, 0.29) is 24.5 Å². The van der Waals surface area contributed by atoms with Gasteiger partial charge >= 0.3 is 0 Å². The second-order valence-electron chi connectivity index (χ2n) is 8.91. The van der Waals surface area contributed by atoms with Gasteiger partial charge in [0.25, 0.3) is 0 Å². The Morgan fingerprint density at radius 1 is 0.839 bits per heavy atom. The minimum absolute atomic E-state index is 0.116. The second-order valence-corrected chi connectivity index (χ2v) is 8.91. The van der Waals surface area contributed by atoms with Crippen LogP contribution in [-0.4, -0.2) is 18.6 Å². The van der Waals surface area contributed by atoms with Gasteiger partial charge in [0.15, 0.2) is 11.5 Å². The van der Waals surface area contributed by atoms with E-state index in [0.29, 0.717) is 17.2 Å². The van der Waals surface area contributed by atoms with Crippen molar-refractivity contribution in [1.29, 1.82) is 0 Å². The lowest BCUT2D eigenvalue weighted by molar-refractivity contribution is -0.123. The van der Waals surface area contributed by atoms with Crippen molar-refractivity contribution in [3.8, 4) is 11.5 Å². The van der Waals surface area contributed by atoms with Gasteiger partial charge in [0.1, 0.15) is 0 Å². The number of fused-ring (bicyclic) bond motifs is 1. The smallest absolute Gasteiger partial charge is 0.238 e. The molecule has 0 radical (unpaired) electrons. The average molecular weight is 409 g/mol. The van der Waals surface area contributed by atoms with E-state index in [4.69, 9.17) is 9.47 Å². The Hall–Kier alpha value is -3.60. The first kappa shape index (κ1) is 17.1. The van der Waals surface area contributed by atoms with Crippen LogP contribution < -0.4 is 14.4 Å². The van der Waals surface area contributed by atoms with Gasteiger partial charge in [-0.2, -0.15) is 0 Å². The largest absolute Gasteiger partial charge is 0.454 e. The van der Waals surface area contributed by atoms with Gasteiger partial charge in [-0.3, -0.25) is 9.59 Å². The summed E-state index contributed by atoms with van der Waals surface area (Å²) in [4.78, 5) is 29.1. The third kappa shape index (κ3) is 1.88. The summed E-state index contributed by atoms with van der Waals surface area (Å²) < 4.78 is 10.9. The molecule has 2 bridgehead atoms. The molecule has 3 aromatic carbocycles. The topological polar surface area (TPSA) is 55.8 Å². The number of nitrogens with zero attached hydrogens (tertiary/aromatic N) is 1. The van der Waals surface area contributed by atoms with Crippen LogP contribution in [0.15, 0.2) is 66.7 Å². The van der Waals surface area contributed by atoms with Crippen LogP contribution >= 0.6 is 0 Å². The summed E-state index contributed by atoms with van der Waals surface area (Å²) in [6, 6.07) is 21.8. The number of amides is 2. The van der Waals surface area contributed by atoms with Gasteiger partial charge in [0.2, 0.25) is 18.6 Å². The number of benzene rings is 3. The molecule has 8 rings (SSSR count). The Bertz CT molecular complexity index is 1260. The number of carbonyl (C=O) groups is 2. The molecule has 2 atom stereocenters. The van der Waals surface area contributed by atoms with Crippen molar-refractivity contribution < 1.29 is 19.1 Å². The maximum absolute atomic E-state index is 13.9. The van der Waals surface area contributed by atoms with E-state index in [9.17, 15) is 9.59 Å². The van der Waals surface area contributed by atoms with Crippen molar-refractivity contribution in [3.05, 3.63) is 89.0 Å². The summed E-state index contributed by atoms with van der Waals surface area (Å²) in [6.45, 7) is 2.28. The molecule has 5 nitrogen and oxygen atoms in total. The molecule has 0 saturated carbocycles. The summed E-state index contributed by atoms with van der Waals surface area (Å²) in [5, 5.41) is 0. The van der Waals surface area contributed by atoms with E-state index in [2.05, 4.69) is 31.2 Å². The standard InChI is InChI=1S/C26H19NO4/c1-26-17-8-4-2-6-15(17)21(16-7-3-5-9-18(16)26)22-23(26)25(29)27(24(22)28)14-10-11-19-20(12-14)31-13-30-19/h2-12,21-23H,13H2,1H3/t21?,22-,23+,26?/m1/s1. The molecule has 0 spiro atoms. The van der Waals surface area contributed by atoms with Crippen molar-refractivity contribution in [1.82, 2.24) is 0 Å². The molecule has 0 aromatic heterocycles. The summed E-state index contributed by atoms with van der Waals surface area (Å²) in [7, 11) is 0. The highest BCUT2D eigenvalue weighted by molar-refractivity contribution is 6.23. The molecule has 3 aliphatic carbocycles. The predicted molar refractivity (Wildman–Crippen MR) is 113 cm³/mol. The normalized spacial score (nSPS) is 29.1. The van der Waals surface area contributed by atoms with Gasteiger partial charge in [-0.25, -0.2) is 4.90 Å². The summed E-state index contributed by atoms with van der Waals surface area (Å²) in [5.74, 6) is -0.0251. The molecule has 2 aliphatic heterocycles. The van der Waals surface area contributed by atoms with Crippen LogP contribution in [0.1, 0.15) is 35.1 Å². The minimum Gasteiger partial charge on any atom is -0.454 e. The average Bonchev–Trinajstić information content (AvgIpc) is 3.37. The lowest BCUT2D eigenvalue weighted by Gasteiger charge is -2.52. The van der Waals surface area contributed by atoms with Gasteiger partial charge in [0.05, 0.1) is 17.5 Å². The van der Waals surface area contributed by atoms with Crippen LogP contribution in [-0.2, 0) is 15.0 Å². The Kier molecular flexibility index (Phi) is 3.06. The SMILES string of the molecule is CC12c3ccccc3C(c3ccccc31)[C@H]1C(=O)N(c3ccc4c(c3)OCO4)C(=O)[C@H]12. The van der Waals surface area contributed by atoms with Crippen molar-refractivity contribution in [3.63, 3.8) is 0 Å². The van der Waals surface area contributed by atoms with Crippen molar-refractivity contribution in [2.24, 2.45) is 11.8 Å². The number of hydrogen-bond acceptors (Lipinski definition) is 4. The first-order valence-electron chi connectivity index (χ1n) is 10.6. The highest BCUT2D eigenvalue weighted by Gasteiger charge is 2.66. The zero-order valence-electron chi connectivity index (χ0n) is 16.9. The monoisotopic (exact) mass is 409 g/mol. The molecule has 5 aliphatic rings. The minimum atomic E-state index is -0.551. The van der Waals surface area contributed by atoms with E-state index >= 15 is 0 Å². The Balaban J connectivity index is 1.45. The maximum atomic E-state index is 13.9. The highest BCUT2D eigenvalue weighted by Crippen LogP contribution is 2.64. The lowest BCUT2D eigenvalue weighted by atomic mass is 9.48. The van der Waals surface area contributed by atoms with Gasteiger partial charge in [-0.05, 0) is 34.4 Å². The number of imide groups is 1.